The highest BCUT2D eigenvalue weighted by Gasteiger charge is 2.32. The lowest BCUT2D eigenvalue weighted by Crippen LogP contribution is -2.33. The Hall–Kier alpha value is -2.01. The van der Waals surface area contributed by atoms with Crippen molar-refractivity contribution in [1.29, 1.82) is 0 Å². The highest BCUT2D eigenvalue weighted by Crippen LogP contribution is 2.30. The number of benzene rings is 2. The van der Waals surface area contributed by atoms with Crippen LogP contribution in [-0.4, -0.2) is 29.7 Å². The summed E-state index contributed by atoms with van der Waals surface area (Å²) in [4.78, 5) is 15.6. The molecule has 0 aromatic heterocycles. The maximum atomic E-state index is 13.0. The van der Waals surface area contributed by atoms with Crippen molar-refractivity contribution in [2.45, 2.75) is 30.3 Å². The average Bonchev–Trinajstić information content (AvgIpc) is 3.44. The first-order valence-electron chi connectivity index (χ1n) is 7.96. The van der Waals surface area contributed by atoms with Crippen LogP contribution in [0.1, 0.15) is 18.4 Å². The number of thioether (sulfide) groups is 1. The van der Waals surface area contributed by atoms with E-state index in [1.165, 1.54) is 23.9 Å². The van der Waals surface area contributed by atoms with E-state index in [-0.39, 0.29) is 11.7 Å². The molecule has 1 saturated carbocycles. The van der Waals surface area contributed by atoms with Crippen LogP contribution < -0.4 is 4.74 Å². The van der Waals surface area contributed by atoms with Gasteiger partial charge in [0.05, 0.1) is 12.9 Å². The number of methoxy groups -OCH3 is 1. The van der Waals surface area contributed by atoms with E-state index in [0.717, 1.165) is 29.1 Å². The summed E-state index contributed by atoms with van der Waals surface area (Å²) in [5.41, 5.74) is 0.964. The number of rotatable bonds is 7. The van der Waals surface area contributed by atoms with Crippen LogP contribution in [-0.2, 0) is 11.3 Å². The normalized spacial score (nSPS) is 13.6. The van der Waals surface area contributed by atoms with E-state index in [2.05, 4.69) is 0 Å². The Morgan fingerprint density at radius 2 is 1.83 bits per heavy atom. The van der Waals surface area contributed by atoms with Crippen molar-refractivity contribution < 1.29 is 13.9 Å². The molecule has 0 radical (unpaired) electrons. The fourth-order valence-electron chi connectivity index (χ4n) is 2.49. The fraction of sp³-hybridized carbons (Fsp3) is 0.316. The van der Waals surface area contributed by atoms with E-state index in [0.29, 0.717) is 18.3 Å². The number of nitrogens with zero attached hydrogens (tertiary/aromatic N) is 1. The number of hydrogen-bond donors (Lipinski definition) is 0. The van der Waals surface area contributed by atoms with Gasteiger partial charge in [-0.25, -0.2) is 4.39 Å². The SMILES string of the molecule is COc1ccc(SCC(=O)N(Cc2ccc(F)cc2)C2CC2)cc1. The first-order chi connectivity index (χ1) is 11.7. The van der Waals surface area contributed by atoms with Crippen molar-refractivity contribution in [3.05, 3.63) is 59.9 Å². The third-order valence-electron chi connectivity index (χ3n) is 4.00. The largest absolute Gasteiger partial charge is 0.497 e. The molecule has 5 heteroatoms. The van der Waals surface area contributed by atoms with Crippen LogP contribution in [0.2, 0.25) is 0 Å². The molecule has 1 aliphatic carbocycles. The second-order valence-corrected chi connectivity index (χ2v) is 6.89. The molecule has 0 spiro atoms. The van der Waals surface area contributed by atoms with Gasteiger partial charge in [-0.3, -0.25) is 4.79 Å². The standard InChI is InChI=1S/C19H20FNO2S/c1-23-17-8-10-18(11-9-17)24-13-19(22)21(16-6-7-16)12-14-2-4-15(20)5-3-14/h2-5,8-11,16H,6-7,12-13H2,1H3. The summed E-state index contributed by atoms with van der Waals surface area (Å²) in [5, 5.41) is 0. The van der Waals surface area contributed by atoms with Crippen molar-refractivity contribution >= 4 is 17.7 Å². The summed E-state index contributed by atoms with van der Waals surface area (Å²) in [6.07, 6.45) is 2.11. The highest BCUT2D eigenvalue weighted by molar-refractivity contribution is 8.00. The predicted octanol–water partition coefficient (Wildman–Crippen LogP) is 4.12. The monoisotopic (exact) mass is 345 g/mol. The molecule has 3 rings (SSSR count). The summed E-state index contributed by atoms with van der Waals surface area (Å²) >= 11 is 1.53. The van der Waals surface area contributed by atoms with Gasteiger partial charge in [0.15, 0.2) is 0 Å². The first-order valence-corrected chi connectivity index (χ1v) is 8.95. The maximum absolute atomic E-state index is 13.0. The second kappa shape index (κ2) is 7.71. The minimum atomic E-state index is -0.252. The average molecular weight is 345 g/mol. The Bertz CT molecular complexity index is 684. The van der Waals surface area contributed by atoms with Crippen LogP contribution in [0.3, 0.4) is 0 Å². The van der Waals surface area contributed by atoms with E-state index in [9.17, 15) is 9.18 Å². The third-order valence-corrected chi connectivity index (χ3v) is 4.99. The number of carbonyl (C=O) groups is 1. The van der Waals surface area contributed by atoms with Crippen LogP contribution >= 0.6 is 11.8 Å². The molecule has 24 heavy (non-hydrogen) atoms. The molecule has 0 N–H and O–H groups in total. The van der Waals surface area contributed by atoms with Crippen molar-refractivity contribution in [3.8, 4) is 5.75 Å². The molecule has 1 amide bonds. The summed E-state index contributed by atoms with van der Waals surface area (Å²) in [6, 6.07) is 14.4. The zero-order chi connectivity index (χ0) is 16.9. The molecule has 0 heterocycles. The number of ether oxygens (including phenoxy) is 1. The summed E-state index contributed by atoms with van der Waals surface area (Å²) in [7, 11) is 1.63. The van der Waals surface area contributed by atoms with Crippen LogP contribution in [0.25, 0.3) is 0 Å². The Labute approximate surface area is 145 Å². The van der Waals surface area contributed by atoms with Crippen LogP contribution in [0.15, 0.2) is 53.4 Å². The molecular weight excluding hydrogens is 325 g/mol. The molecule has 0 saturated heterocycles. The molecule has 0 unspecified atom stereocenters. The smallest absolute Gasteiger partial charge is 0.233 e. The van der Waals surface area contributed by atoms with Gasteiger partial charge >= 0.3 is 0 Å². The highest BCUT2D eigenvalue weighted by atomic mass is 32.2. The fourth-order valence-corrected chi connectivity index (χ4v) is 3.28. The molecule has 0 bridgehead atoms. The van der Waals surface area contributed by atoms with Gasteiger partial charge in [0, 0.05) is 17.5 Å². The van der Waals surface area contributed by atoms with Gasteiger partial charge in [-0.15, -0.1) is 11.8 Å². The molecule has 2 aromatic rings. The second-order valence-electron chi connectivity index (χ2n) is 5.84. The van der Waals surface area contributed by atoms with Gasteiger partial charge in [-0.1, -0.05) is 12.1 Å². The van der Waals surface area contributed by atoms with Crippen molar-refractivity contribution in [3.63, 3.8) is 0 Å². The topological polar surface area (TPSA) is 29.5 Å². The lowest BCUT2D eigenvalue weighted by atomic mass is 10.2. The lowest BCUT2D eigenvalue weighted by Gasteiger charge is -2.22. The van der Waals surface area contributed by atoms with Gasteiger partial charge in [-0.05, 0) is 54.8 Å². The molecule has 126 valence electrons. The Kier molecular flexibility index (Phi) is 5.41. The molecule has 1 fully saturated rings. The molecule has 1 aliphatic rings. The Balaban J connectivity index is 1.58. The minimum Gasteiger partial charge on any atom is -0.497 e. The summed E-state index contributed by atoms with van der Waals surface area (Å²) < 4.78 is 18.2. The van der Waals surface area contributed by atoms with E-state index in [1.807, 2.05) is 29.2 Å². The summed E-state index contributed by atoms with van der Waals surface area (Å²) in [5.74, 6) is 1.09. The Morgan fingerprint density at radius 1 is 1.17 bits per heavy atom. The lowest BCUT2D eigenvalue weighted by molar-refractivity contribution is -0.129. The van der Waals surface area contributed by atoms with Crippen molar-refractivity contribution in [2.24, 2.45) is 0 Å². The van der Waals surface area contributed by atoms with Gasteiger partial charge in [0.1, 0.15) is 11.6 Å². The molecule has 3 nitrogen and oxygen atoms in total. The number of halogens is 1. The van der Waals surface area contributed by atoms with Crippen molar-refractivity contribution in [2.75, 3.05) is 12.9 Å². The van der Waals surface area contributed by atoms with Gasteiger partial charge in [-0.2, -0.15) is 0 Å². The first kappa shape index (κ1) is 16.8. The molecule has 2 aromatic carbocycles. The van der Waals surface area contributed by atoms with Crippen LogP contribution in [0.5, 0.6) is 5.75 Å². The van der Waals surface area contributed by atoms with Crippen LogP contribution in [0.4, 0.5) is 4.39 Å². The van der Waals surface area contributed by atoms with Crippen LogP contribution in [0, 0.1) is 5.82 Å². The molecular formula is C19H20FNO2S. The molecule has 0 aliphatic heterocycles. The molecule has 0 atom stereocenters. The number of hydrogen-bond acceptors (Lipinski definition) is 3. The quantitative estimate of drug-likeness (QED) is 0.707. The zero-order valence-electron chi connectivity index (χ0n) is 13.6. The zero-order valence-corrected chi connectivity index (χ0v) is 14.4. The van der Waals surface area contributed by atoms with E-state index >= 15 is 0 Å². The number of carbonyl (C=O) groups excluding carboxylic acids is 1. The van der Waals surface area contributed by atoms with Gasteiger partial charge < -0.3 is 9.64 Å². The third kappa shape index (κ3) is 4.51. The van der Waals surface area contributed by atoms with Gasteiger partial charge in [0.2, 0.25) is 5.91 Å². The van der Waals surface area contributed by atoms with E-state index in [4.69, 9.17) is 4.74 Å². The maximum Gasteiger partial charge on any atom is 0.233 e. The minimum absolute atomic E-state index is 0.127. The van der Waals surface area contributed by atoms with Crippen molar-refractivity contribution in [1.82, 2.24) is 4.90 Å². The summed E-state index contributed by atoms with van der Waals surface area (Å²) in [6.45, 7) is 0.549. The van der Waals surface area contributed by atoms with E-state index < -0.39 is 0 Å². The van der Waals surface area contributed by atoms with E-state index in [1.54, 1.807) is 19.2 Å². The number of amides is 1. The Morgan fingerprint density at radius 3 is 2.42 bits per heavy atom. The van der Waals surface area contributed by atoms with Gasteiger partial charge in [0.25, 0.3) is 0 Å². The predicted molar refractivity (Wildman–Crippen MR) is 93.7 cm³/mol.